The fourth-order valence-electron chi connectivity index (χ4n) is 6.11. The molecule has 0 saturated carbocycles. The Morgan fingerprint density at radius 2 is 1.89 bits per heavy atom. The number of rotatable bonds is 6. The van der Waals surface area contributed by atoms with Crippen LogP contribution in [0.15, 0.2) is 35.3 Å². The van der Waals surface area contributed by atoms with Crippen molar-refractivity contribution in [1.29, 1.82) is 5.26 Å². The Balaban J connectivity index is 1.49. The summed E-state index contributed by atoms with van der Waals surface area (Å²) in [5.74, 6) is 0. The van der Waals surface area contributed by atoms with Crippen molar-refractivity contribution in [2.75, 3.05) is 18.0 Å². The quantitative estimate of drug-likeness (QED) is 0.538. The summed E-state index contributed by atoms with van der Waals surface area (Å²) in [6, 6.07) is 12.0. The first-order chi connectivity index (χ1) is 16.9. The Morgan fingerprint density at radius 1 is 1.11 bits per heavy atom. The number of piperazine rings is 1. The number of benzene rings is 1. The van der Waals surface area contributed by atoms with Crippen LogP contribution in [0, 0.1) is 11.3 Å². The van der Waals surface area contributed by atoms with Gasteiger partial charge in [0.05, 0.1) is 23.5 Å². The van der Waals surface area contributed by atoms with Gasteiger partial charge in [0.2, 0.25) is 0 Å². The van der Waals surface area contributed by atoms with E-state index >= 15 is 0 Å². The van der Waals surface area contributed by atoms with Gasteiger partial charge in [0.1, 0.15) is 12.1 Å². The third-order valence-corrected chi connectivity index (χ3v) is 8.26. The van der Waals surface area contributed by atoms with Gasteiger partial charge >= 0.3 is 0 Å². The average Bonchev–Trinajstić information content (AvgIpc) is 3.52. The molecule has 3 aromatic rings. The van der Waals surface area contributed by atoms with Gasteiger partial charge < -0.3 is 9.47 Å². The zero-order valence-corrected chi connectivity index (χ0v) is 21.4. The lowest BCUT2D eigenvalue weighted by Gasteiger charge is -2.49. The Bertz CT molecular complexity index is 1330. The first kappa shape index (κ1) is 23.6. The molecule has 1 aliphatic heterocycles. The van der Waals surface area contributed by atoms with Crippen molar-refractivity contribution in [1.82, 2.24) is 19.2 Å². The van der Waals surface area contributed by atoms with E-state index in [1.54, 1.807) is 22.4 Å². The van der Waals surface area contributed by atoms with Crippen molar-refractivity contribution in [2.24, 2.45) is 7.05 Å². The fourth-order valence-corrected chi connectivity index (χ4v) is 6.11. The SMILES string of the molecule is CC[C@H]1CN(C(C)c2ccc3c(c2)CCC3)[C@H](CC)CN1c1cc(=O)n(C)c2cn(CC#N)nc12. The van der Waals surface area contributed by atoms with Crippen molar-refractivity contribution in [3.63, 3.8) is 0 Å². The summed E-state index contributed by atoms with van der Waals surface area (Å²) in [6.45, 7) is 8.82. The predicted molar refractivity (Wildman–Crippen MR) is 140 cm³/mol. The Morgan fingerprint density at radius 3 is 2.63 bits per heavy atom. The van der Waals surface area contributed by atoms with Gasteiger partial charge in [-0.3, -0.25) is 14.4 Å². The molecule has 7 nitrogen and oxygen atoms in total. The van der Waals surface area contributed by atoms with Crippen LogP contribution in [0.3, 0.4) is 0 Å². The van der Waals surface area contributed by atoms with E-state index in [9.17, 15) is 4.79 Å². The number of hydrogen-bond acceptors (Lipinski definition) is 5. The molecule has 2 aromatic heterocycles. The highest BCUT2D eigenvalue weighted by Gasteiger charge is 2.36. The zero-order valence-electron chi connectivity index (χ0n) is 21.4. The van der Waals surface area contributed by atoms with Crippen LogP contribution in [0.25, 0.3) is 11.0 Å². The van der Waals surface area contributed by atoms with Crippen molar-refractivity contribution >= 4 is 16.7 Å². The largest absolute Gasteiger partial charge is 0.364 e. The van der Waals surface area contributed by atoms with E-state index in [0.717, 1.165) is 42.7 Å². The molecule has 0 spiro atoms. The maximum atomic E-state index is 12.9. The molecule has 3 heterocycles. The van der Waals surface area contributed by atoms with Gasteiger partial charge in [-0.25, -0.2) is 0 Å². The number of pyridine rings is 1. The molecule has 1 unspecified atom stereocenters. The van der Waals surface area contributed by atoms with Gasteiger partial charge in [-0.2, -0.15) is 10.4 Å². The Kier molecular flexibility index (Phi) is 6.41. The molecule has 3 atom stereocenters. The molecule has 1 aromatic carbocycles. The number of hydrogen-bond donors (Lipinski definition) is 0. The lowest BCUT2D eigenvalue weighted by Crippen LogP contribution is -2.58. The molecule has 1 aliphatic carbocycles. The summed E-state index contributed by atoms with van der Waals surface area (Å²) in [5, 5.41) is 13.9. The second-order valence-electron chi connectivity index (χ2n) is 10.2. The number of aromatic nitrogens is 3. The van der Waals surface area contributed by atoms with Crippen LogP contribution in [-0.4, -0.2) is 44.4 Å². The number of aryl methyl sites for hydroxylation is 3. The number of nitrogens with zero attached hydrogens (tertiary/aromatic N) is 6. The topological polar surface area (TPSA) is 70.1 Å². The van der Waals surface area contributed by atoms with Crippen molar-refractivity contribution in [3.05, 3.63) is 57.5 Å². The number of nitriles is 1. The van der Waals surface area contributed by atoms with Crippen LogP contribution in [0.4, 0.5) is 5.69 Å². The first-order valence-electron chi connectivity index (χ1n) is 13.0. The lowest BCUT2D eigenvalue weighted by atomic mass is 9.95. The van der Waals surface area contributed by atoms with E-state index in [1.165, 1.54) is 36.0 Å². The summed E-state index contributed by atoms with van der Waals surface area (Å²) in [6.07, 6.45) is 7.53. The number of fused-ring (bicyclic) bond motifs is 2. The minimum Gasteiger partial charge on any atom is -0.364 e. The van der Waals surface area contributed by atoms with Crippen molar-refractivity contribution in [2.45, 2.75) is 77.5 Å². The third kappa shape index (κ3) is 4.14. The van der Waals surface area contributed by atoms with E-state index in [2.05, 4.69) is 54.8 Å². The maximum absolute atomic E-state index is 12.9. The van der Waals surface area contributed by atoms with E-state index < -0.39 is 0 Å². The first-order valence-corrected chi connectivity index (χ1v) is 13.0. The van der Waals surface area contributed by atoms with E-state index in [4.69, 9.17) is 10.4 Å². The van der Waals surface area contributed by atoms with Gasteiger partial charge in [0, 0.05) is 44.3 Å². The normalized spacial score (nSPS) is 21.3. The van der Waals surface area contributed by atoms with Crippen LogP contribution in [-0.2, 0) is 26.4 Å². The third-order valence-electron chi connectivity index (χ3n) is 8.26. The molecule has 1 saturated heterocycles. The standard InChI is InChI=1S/C28H36N6O/c1-5-23-17-34(25-15-27(35)31(4)26-18-32(13-12-29)30-28(25)26)24(6-2)16-33(23)19(3)21-11-10-20-8-7-9-22(20)14-21/h10-11,14-15,18-19,23-24H,5-9,13,16-17H2,1-4H3/t19?,23-,24+/m1/s1. The van der Waals surface area contributed by atoms with E-state index in [-0.39, 0.29) is 18.1 Å². The van der Waals surface area contributed by atoms with Crippen molar-refractivity contribution in [3.8, 4) is 6.07 Å². The molecule has 5 rings (SSSR count). The maximum Gasteiger partial charge on any atom is 0.252 e. The van der Waals surface area contributed by atoms with Crippen LogP contribution >= 0.6 is 0 Å². The van der Waals surface area contributed by atoms with Gasteiger partial charge in [-0.15, -0.1) is 0 Å². The van der Waals surface area contributed by atoms with Crippen molar-refractivity contribution < 1.29 is 0 Å². The molecule has 0 N–H and O–H groups in total. The average molecular weight is 473 g/mol. The van der Waals surface area contributed by atoms with Crippen LogP contribution in [0.2, 0.25) is 0 Å². The Labute approximate surface area is 207 Å². The van der Waals surface area contributed by atoms with Gasteiger partial charge in [0.25, 0.3) is 5.56 Å². The second kappa shape index (κ2) is 9.50. The van der Waals surface area contributed by atoms with Crippen LogP contribution < -0.4 is 10.5 Å². The monoisotopic (exact) mass is 472 g/mol. The summed E-state index contributed by atoms with van der Waals surface area (Å²) in [7, 11) is 1.77. The molecule has 7 heteroatoms. The summed E-state index contributed by atoms with van der Waals surface area (Å²) in [5.41, 5.74) is 6.91. The predicted octanol–water partition coefficient (Wildman–Crippen LogP) is 4.19. The van der Waals surface area contributed by atoms with Crippen LogP contribution in [0.1, 0.15) is 62.8 Å². The number of anilines is 1. The lowest BCUT2D eigenvalue weighted by molar-refractivity contribution is 0.101. The molecule has 2 aliphatic rings. The Hall–Kier alpha value is -3.11. The molecule has 35 heavy (non-hydrogen) atoms. The van der Waals surface area contributed by atoms with Gasteiger partial charge in [-0.1, -0.05) is 32.0 Å². The smallest absolute Gasteiger partial charge is 0.252 e. The van der Waals surface area contributed by atoms with E-state index in [0.29, 0.717) is 12.1 Å². The van der Waals surface area contributed by atoms with Gasteiger partial charge in [-0.05, 0) is 55.7 Å². The minimum atomic E-state index is -0.0409. The molecule has 1 fully saturated rings. The van der Waals surface area contributed by atoms with Crippen LogP contribution in [0.5, 0.6) is 0 Å². The molecule has 184 valence electrons. The highest BCUT2D eigenvalue weighted by Crippen LogP contribution is 2.35. The molecule has 0 bridgehead atoms. The highest BCUT2D eigenvalue weighted by atomic mass is 16.1. The highest BCUT2D eigenvalue weighted by molar-refractivity contribution is 5.88. The molecular formula is C28H36N6O. The summed E-state index contributed by atoms with van der Waals surface area (Å²) in [4.78, 5) is 18.0. The summed E-state index contributed by atoms with van der Waals surface area (Å²) >= 11 is 0. The zero-order chi connectivity index (χ0) is 24.7. The fraction of sp³-hybridized carbons (Fsp3) is 0.536. The minimum absolute atomic E-state index is 0.0409. The summed E-state index contributed by atoms with van der Waals surface area (Å²) < 4.78 is 3.27. The van der Waals surface area contributed by atoms with E-state index in [1.807, 2.05) is 6.20 Å². The molecular weight excluding hydrogens is 436 g/mol. The molecule has 0 amide bonds. The molecule has 0 radical (unpaired) electrons. The van der Waals surface area contributed by atoms with Gasteiger partial charge in [0.15, 0.2) is 0 Å². The second-order valence-corrected chi connectivity index (χ2v) is 10.2.